The van der Waals surface area contributed by atoms with Gasteiger partial charge < -0.3 is 4.74 Å². The van der Waals surface area contributed by atoms with Crippen LogP contribution in [0.4, 0.5) is 0 Å². The molecule has 2 nitrogen and oxygen atoms in total. The van der Waals surface area contributed by atoms with Crippen molar-refractivity contribution in [2.75, 3.05) is 0 Å². The SMILES string of the molecule is CCCc1ccc2c(c1)C(=O)CC(C)(C)O2. The smallest absolute Gasteiger partial charge is 0.170 e. The van der Waals surface area contributed by atoms with Crippen LogP contribution in [-0.2, 0) is 6.42 Å². The van der Waals surface area contributed by atoms with Crippen molar-refractivity contribution < 1.29 is 9.53 Å². The molecule has 1 aliphatic heterocycles. The molecule has 0 aromatic heterocycles. The Kier molecular flexibility index (Phi) is 2.75. The molecule has 1 aromatic carbocycles. The molecule has 0 unspecified atom stereocenters. The van der Waals surface area contributed by atoms with Crippen LogP contribution in [0.3, 0.4) is 0 Å². The van der Waals surface area contributed by atoms with E-state index in [1.807, 2.05) is 26.0 Å². The average Bonchev–Trinajstić information content (AvgIpc) is 2.18. The largest absolute Gasteiger partial charge is 0.487 e. The van der Waals surface area contributed by atoms with Gasteiger partial charge in [0.15, 0.2) is 5.78 Å². The van der Waals surface area contributed by atoms with Gasteiger partial charge in [-0.05, 0) is 38.0 Å². The van der Waals surface area contributed by atoms with E-state index in [0.717, 1.165) is 24.2 Å². The Morgan fingerprint density at radius 3 is 2.81 bits per heavy atom. The molecular formula is C14H18O2. The first-order chi connectivity index (χ1) is 7.52. The average molecular weight is 218 g/mol. The number of fused-ring (bicyclic) bond motifs is 1. The Morgan fingerprint density at radius 1 is 1.38 bits per heavy atom. The number of aryl methyl sites for hydroxylation is 1. The number of Topliss-reactive ketones (excluding diaryl/α,β-unsaturated/α-hetero) is 1. The van der Waals surface area contributed by atoms with Crippen molar-refractivity contribution in [2.24, 2.45) is 0 Å². The van der Waals surface area contributed by atoms with Gasteiger partial charge >= 0.3 is 0 Å². The summed E-state index contributed by atoms with van der Waals surface area (Å²) in [6.45, 7) is 6.04. The Balaban J connectivity index is 2.37. The number of ketones is 1. The number of benzene rings is 1. The van der Waals surface area contributed by atoms with Crippen LogP contribution in [0.25, 0.3) is 0 Å². The summed E-state index contributed by atoms with van der Waals surface area (Å²) in [4.78, 5) is 12.0. The summed E-state index contributed by atoms with van der Waals surface area (Å²) in [7, 11) is 0. The van der Waals surface area contributed by atoms with Gasteiger partial charge in [-0.2, -0.15) is 0 Å². The maximum absolute atomic E-state index is 12.0. The first-order valence-electron chi connectivity index (χ1n) is 5.87. The summed E-state index contributed by atoms with van der Waals surface area (Å²) in [5.41, 5.74) is 1.61. The van der Waals surface area contributed by atoms with Gasteiger partial charge in [0.05, 0.1) is 12.0 Å². The molecule has 16 heavy (non-hydrogen) atoms. The zero-order valence-corrected chi connectivity index (χ0v) is 10.2. The van der Waals surface area contributed by atoms with Gasteiger partial charge in [0.25, 0.3) is 0 Å². The van der Waals surface area contributed by atoms with Crippen LogP contribution in [0, 0.1) is 0 Å². The maximum Gasteiger partial charge on any atom is 0.170 e. The first-order valence-corrected chi connectivity index (χ1v) is 5.87. The first kappa shape index (κ1) is 11.2. The molecule has 0 aliphatic carbocycles. The molecule has 0 spiro atoms. The molecule has 0 amide bonds. The van der Waals surface area contributed by atoms with Gasteiger partial charge in [0.1, 0.15) is 11.4 Å². The highest BCUT2D eigenvalue weighted by atomic mass is 16.5. The fourth-order valence-electron chi connectivity index (χ4n) is 2.14. The molecule has 86 valence electrons. The molecule has 0 saturated carbocycles. The van der Waals surface area contributed by atoms with E-state index in [1.54, 1.807) is 0 Å². The highest BCUT2D eigenvalue weighted by Gasteiger charge is 2.32. The van der Waals surface area contributed by atoms with Crippen molar-refractivity contribution in [1.82, 2.24) is 0 Å². The lowest BCUT2D eigenvalue weighted by atomic mass is 9.91. The normalized spacial score (nSPS) is 17.8. The van der Waals surface area contributed by atoms with E-state index >= 15 is 0 Å². The van der Waals surface area contributed by atoms with Gasteiger partial charge in [-0.1, -0.05) is 19.4 Å². The number of ether oxygens (including phenoxy) is 1. The minimum atomic E-state index is -0.365. The van der Waals surface area contributed by atoms with Crippen LogP contribution >= 0.6 is 0 Å². The number of carbonyl (C=O) groups is 1. The van der Waals surface area contributed by atoms with Crippen LogP contribution in [-0.4, -0.2) is 11.4 Å². The number of hydrogen-bond donors (Lipinski definition) is 0. The molecule has 0 fully saturated rings. The maximum atomic E-state index is 12.0. The molecule has 1 heterocycles. The Hall–Kier alpha value is -1.31. The standard InChI is InChI=1S/C14H18O2/c1-4-5-10-6-7-13-11(8-10)12(15)9-14(2,3)16-13/h6-8H,4-5,9H2,1-3H3. The van der Waals surface area contributed by atoms with Crippen molar-refractivity contribution in [3.05, 3.63) is 29.3 Å². The van der Waals surface area contributed by atoms with Gasteiger partial charge in [-0.25, -0.2) is 0 Å². The molecule has 0 N–H and O–H groups in total. The summed E-state index contributed by atoms with van der Waals surface area (Å²) in [6.07, 6.45) is 2.58. The molecule has 1 aliphatic rings. The highest BCUT2D eigenvalue weighted by Crippen LogP contribution is 2.33. The second kappa shape index (κ2) is 3.93. The molecule has 0 atom stereocenters. The fourth-order valence-corrected chi connectivity index (χ4v) is 2.14. The van der Waals surface area contributed by atoms with E-state index in [9.17, 15) is 4.79 Å². The molecule has 2 rings (SSSR count). The van der Waals surface area contributed by atoms with Crippen molar-refractivity contribution in [2.45, 2.75) is 45.6 Å². The van der Waals surface area contributed by atoms with Gasteiger partial charge in [0.2, 0.25) is 0 Å². The molecular weight excluding hydrogens is 200 g/mol. The van der Waals surface area contributed by atoms with Crippen LogP contribution in [0.2, 0.25) is 0 Å². The number of rotatable bonds is 2. The van der Waals surface area contributed by atoms with Crippen LogP contribution in [0.1, 0.15) is 49.5 Å². The van der Waals surface area contributed by atoms with Crippen LogP contribution < -0.4 is 4.74 Å². The summed E-state index contributed by atoms with van der Waals surface area (Å²) >= 11 is 0. The third-order valence-electron chi connectivity index (χ3n) is 2.86. The van der Waals surface area contributed by atoms with E-state index in [4.69, 9.17) is 4.74 Å². The molecule has 2 heteroatoms. The van der Waals surface area contributed by atoms with Crippen molar-refractivity contribution in [1.29, 1.82) is 0 Å². The fraction of sp³-hybridized carbons (Fsp3) is 0.500. The quantitative estimate of drug-likeness (QED) is 0.760. The summed E-state index contributed by atoms with van der Waals surface area (Å²) < 4.78 is 5.80. The van der Waals surface area contributed by atoms with Gasteiger partial charge in [0, 0.05) is 0 Å². The lowest BCUT2D eigenvalue weighted by Crippen LogP contribution is -2.35. The van der Waals surface area contributed by atoms with E-state index in [1.165, 1.54) is 5.56 Å². The van der Waals surface area contributed by atoms with Crippen LogP contribution in [0.5, 0.6) is 5.75 Å². The third-order valence-corrected chi connectivity index (χ3v) is 2.86. The van der Waals surface area contributed by atoms with Gasteiger partial charge in [-0.3, -0.25) is 4.79 Å². The van der Waals surface area contributed by atoms with Crippen LogP contribution in [0.15, 0.2) is 18.2 Å². The molecule has 1 aromatic rings. The molecule has 0 radical (unpaired) electrons. The Morgan fingerprint density at radius 2 is 2.12 bits per heavy atom. The lowest BCUT2D eigenvalue weighted by molar-refractivity contribution is 0.0620. The Labute approximate surface area is 96.6 Å². The predicted molar refractivity (Wildman–Crippen MR) is 64.1 cm³/mol. The summed E-state index contributed by atoms with van der Waals surface area (Å²) in [5, 5.41) is 0. The van der Waals surface area contributed by atoms with Crippen molar-refractivity contribution in [3.8, 4) is 5.75 Å². The predicted octanol–water partition coefficient (Wildman–Crippen LogP) is 3.38. The number of hydrogen-bond acceptors (Lipinski definition) is 2. The van der Waals surface area contributed by atoms with Gasteiger partial charge in [-0.15, -0.1) is 0 Å². The third kappa shape index (κ3) is 2.11. The summed E-state index contributed by atoms with van der Waals surface area (Å²) in [6, 6.07) is 5.96. The zero-order chi connectivity index (χ0) is 11.8. The monoisotopic (exact) mass is 218 g/mol. The van der Waals surface area contributed by atoms with Crippen molar-refractivity contribution >= 4 is 5.78 Å². The lowest BCUT2D eigenvalue weighted by Gasteiger charge is -2.31. The minimum Gasteiger partial charge on any atom is -0.487 e. The molecule has 0 saturated heterocycles. The Bertz CT molecular complexity index is 419. The number of carbonyl (C=O) groups excluding carboxylic acids is 1. The van der Waals surface area contributed by atoms with E-state index < -0.39 is 0 Å². The van der Waals surface area contributed by atoms with Crippen molar-refractivity contribution in [3.63, 3.8) is 0 Å². The second-order valence-corrected chi connectivity index (χ2v) is 5.04. The topological polar surface area (TPSA) is 26.3 Å². The minimum absolute atomic E-state index is 0.198. The zero-order valence-electron chi connectivity index (χ0n) is 10.2. The van der Waals surface area contributed by atoms with E-state index in [2.05, 4.69) is 13.0 Å². The molecule has 0 bridgehead atoms. The summed E-state index contributed by atoms with van der Waals surface area (Å²) in [5.74, 6) is 0.935. The highest BCUT2D eigenvalue weighted by molar-refractivity contribution is 6.00. The second-order valence-electron chi connectivity index (χ2n) is 5.04. The van der Waals surface area contributed by atoms with E-state index in [-0.39, 0.29) is 11.4 Å². The van der Waals surface area contributed by atoms with E-state index in [0.29, 0.717) is 6.42 Å².